The van der Waals surface area contributed by atoms with Gasteiger partial charge in [0, 0.05) is 38.7 Å². The highest BCUT2D eigenvalue weighted by Gasteiger charge is 2.13. The van der Waals surface area contributed by atoms with E-state index in [0.29, 0.717) is 18.2 Å². The van der Waals surface area contributed by atoms with Gasteiger partial charge in [0.1, 0.15) is 5.69 Å². The molecule has 2 aromatic heterocycles. The Morgan fingerprint density at radius 2 is 2.18 bits per heavy atom. The average Bonchev–Trinajstić information content (AvgIpc) is 2.58. The molecule has 2 aromatic rings. The first-order valence-corrected chi connectivity index (χ1v) is 7.42. The molecule has 116 valence electrons. The van der Waals surface area contributed by atoms with Crippen molar-refractivity contribution in [2.24, 2.45) is 0 Å². The summed E-state index contributed by atoms with van der Waals surface area (Å²) in [5.41, 5.74) is 1.44. The molecule has 0 spiro atoms. The molecule has 0 saturated heterocycles. The monoisotopic (exact) mass is 299 g/mol. The lowest BCUT2D eigenvalue weighted by Crippen LogP contribution is -2.28. The number of hydrogen-bond acceptors (Lipinski definition) is 5. The van der Waals surface area contributed by atoms with Gasteiger partial charge in [0.25, 0.3) is 5.91 Å². The van der Waals surface area contributed by atoms with Gasteiger partial charge < -0.3 is 10.2 Å². The van der Waals surface area contributed by atoms with Crippen molar-refractivity contribution in [3.63, 3.8) is 0 Å². The van der Waals surface area contributed by atoms with Crippen LogP contribution < -0.4 is 5.32 Å². The van der Waals surface area contributed by atoms with E-state index >= 15 is 0 Å². The lowest BCUT2D eigenvalue weighted by Gasteiger charge is -2.16. The molecule has 0 radical (unpaired) electrons. The van der Waals surface area contributed by atoms with Crippen LogP contribution in [-0.2, 0) is 6.54 Å². The summed E-state index contributed by atoms with van der Waals surface area (Å²) in [5, 5.41) is 3.11. The second-order valence-electron chi connectivity index (χ2n) is 5.06. The predicted molar refractivity (Wildman–Crippen MR) is 85.5 cm³/mol. The van der Waals surface area contributed by atoms with E-state index < -0.39 is 0 Å². The highest BCUT2D eigenvalue weighted by molar-refractivity contribution is 5.92. The zero-order chi connectivity index (χ0) is 15.8. The fourth-order valence-electron chi connectivity index (χ4n) is 1.94. The molecule has 0 aliphatic heterocycles. The van der Waals surface area contributed by atoms with Gasteiger partial charge in [-0.1, -0.05) is 19.4 Å². The molecule has 22 heavy (non-hydrogen) atoms. The van der Waals surface area contributed by atoms with Crippen molar-refractivity contribution in [3.05, 3.63) is 48.0 Å². The van der Waals surface area contributed by atoms with E-state index in [2.05, 4.69) is 27.2 Å². The Bertz CT molecular complexity index is 602. The second kappa shape index (κ2) is 8.07. The summed E-state index contributed by atoms with van der Waals surface area (Å²) in [5.74, 6) is 0.360. The van der Waals surface area contributed by atoms with Gasteiger partial charge in [-0.15, -0.1) is 0 Å². The van der Waals surface area contributed by atoms with Gasteiger partial charge in [-0.05, 0) is 24.1 Å². The van der Waals surface area contributed by atoms with Gasteiger partial charge in [-0.25, -0.2) is 9.97 Å². The Labute approximate surface area is 130 Å². The third-order valence-corrected chi connectivity index (χ3v) is 3.24. The standard InChI is InChI=1S/C16H21N5O/c1-3-4-10-21(2)15(22)14-7-9-18-16(20-14)19-12-13-6-5-8-17-11-13/h5-9,11H,3-4,10,12H2,1-2H3,(H,18,19,20). The van der Waals surface area contributed by atoms with Crippen LogP contribution in [0.2, 0.25) is 0 Å². The topological polar surface area (TPSA) is 71.0 Å². The number of aromatic nitrogens is 3. The van der Waals surface area contributed by atoms with Crippen LogP contribution in [0.5, 0.6) is 0 Å². The summed E-state index contributed by atoms with van der Waals surface area (Å²) < 4.78 is 0. The maximum absolute atomic E-state index is 12.3. The number of nitrogens with zero attached hydrogens (tertiary/aromatic N) is 4. The van der Waals surface area contributed by atoms with Crippen LogP contribution in [0, 0.1) is 0 Å². The predicted octanol–water partition coefficient (Wildman–Crippen LogP) is 2.36. The molecular weight excluding hydrogens is 278 g/mol. The zero-order valence-electron chi connectivity index (χ0n) is 13.0. The third-order valence-electron chi connectivity index (χ3n) is 3.24. The minimum atomic E-state index is -0.0831. The van der Waals surface area contributed by atoms with Gasteiger partial charge >= 0.3 is 0 Å². The number of unbranched alkanes of at least 4 members (excludes halogenated alkanes) is 1. The molecule has 0 atom stereocenters. The zero-order valence-corrected chi connectivity index (χ0v) is 13.0. The number of rotatable bonds is 7. The minimum absolute atomic E-state index is 0.0831. The molecule has 0 aliphatic rings. The largest absolute Gasteiger partial charge is 0.350 e. The van der Waals surface area contributed by atoms with Crippen LogP contribution in [0.15, 0.2) is 36.8 Å². The fraction of sp³-hybridized carbons (Fsp3) is 0.375. The van der Waals surface area contributed by atoms with Crippen molar-refractivity contribution in [1.82, 2.24) is 19.9 Å². The molecule has 6 nitrogen and oxygen atoms in total. The molecule has 1 N–H and O–H groups in total. The second-order valence-corrected chi connectivity index (χ2v) is 5.06. The van der Waals surface area contributed by atoms with Crippen molar-refractivity contribution in [2.75, 3.05) is 18.9 Å². The SMILES string of the molecule is CCCCN(C)C(=O)c1ccnc(NCc2cccnc2)n1. The molecule has 2 rings (SSSR count). The molecule has 0 fully saturated rings. The first kappa shape index (κ1) is 15.9. The van der Waals surface area contributed by atoms with Crippen LogP contribution in [0.1, 0.15) is 35.8 Å². The van der Waals surface area contributed by atoms with E-state index in [0.717, 1.165) is 24.9 Å². The normalized spacial score (nSPS) is 10.3. The number of carbonyl (C=O) groups excluding carboxylic acids is 1. The van der Waals surface area contributed by atoms with Crippen LogP contribution in [0.4, 0.5) is 5.95 Å². The van der Waals surface area contributed by atoms with E-state index in [-0.39, 0.29) is 5.91 Å². The van der Waals surface area contributed by atoms with Gasteiger partial charge in [-0.2, -0.15) is 0 Å². The molecule has 0 aromatic carbocycles. The van der Waals surface area contributed by atoms with Gasteiger partial charge in [-0.3, -0.25) is 9.78 Å². The minimum Gasteiger partial charge on any atom is -0.350 e. The van der Waals surface area contributed by atoms with Crippen LogP contribution >= 0.6 is 0 Å². The molecule has 0 saturated carbocycles. The summed E-state index contributed by atoms with van der Waals surface area (Å²) in [4.78, 5) is 26.4. The van der Waals surface area contributed by atoms with Crippen molar-refractivity contribution in [1.29, 1.82) is 0 Å². The van der Waals surface area contributed by atoms with E-state index in [1.165, 1.54) is 0 Å². The van der Waals surface area contributed by atoms with E-state index in [4.69, 9.17) is 0 Å². The summed E-state index contributed by atoms with van der Waals surface area (Å²) in [6.45, 7) is 3.40. The Morgan fingerprint density at radius 1 is 1.32 bits per heavy atom. The van der Waals surface area contributed by atoms with E-state index in [9.17, 15) is 4.79 Å². The van der Waals surface area contributed by atoms with Crippen molar-refractivity contribution < 1.29 is 4.79 Å². The van der Waals surface area contributed by atoms with Crippen LogP contribution in [0.3, 0.4) is 0 Å². The number of pyridine rings is 1. The van der Waals surface area contributed by atoms with Gasteiger partial charge in [0.2, 0.25) is 5.95 Å². The Kier molecular flexibility index (Phi) is 5.82. The van der Waals surface area contributed by atoms with Crippen LogP contribution in [-0.4, -0.2) is 39.4 Å². The molecule has 0 unspecified atom stereocenters. The average molecular weight is 299 g/mol. The van der Waals surface area contributed by atoms with Crippen LogP contribution in [0.25, 0.3) is 0 Å². The van der Waals surface area contributed by atoms with E-state index in [1.807, 2.05) is 12.1 Å². The first-order valence-electron chi connectivity index (χ1n) is 7.42. The first-order chi connectivity index (χ1) is 10.7. The summed E-state index contributed by atoms with van der Waals surface area (Å²) >= 11 is 0. The molecule has 0 aliphatic carbocycles. The number of hydrogen-bond donors (Lipinski definition) is 1. The van der Waals surface area contributed by atoms with Crippen molar-refractivity contribution in [3.8, 4) is 0 Å². The molecule has 0 bridgehead atoms. The number of anilines is 1. The Hall–Kier alpha value is -2.50. The lowest BCUT2D eigenvalue weighted by molar-refractivity contribution is 0.0787. The third kappa shape index (κ3) is 4.51. The highest BCUT2D eigenvalue weighted by atomic mass is 16.2. The summed E-state index contributed by atoms with van der Waals surface area (Å²) in [6.07, 6.45) is 7.14. The van der Waals surface area contributed by atoms with Crippen molar-refractivity contribution >= 4 is 11.9 Å². The molecular formula is C16H21N5O. The molecule has 2 heterocycles. The van der Waals surface area contributed by atoms with E-state index in [1.54, 1.807) is 36.6 Å². The maximum Gasteiger partial charge on any atom is 0.272 e. The summed E-state index contributed by atoms with van der Waals surface area (Å²) in [7, 11) is 1.79. The Balaban J connectivity index is 1.98. The van der Waals surface area contributed by atoms with Gasteiger partial charge in [0.05, 0.1) is 0 Å². The molecule has 6 heteroatoms. The maximum atomic E-state index is 12.3. The van der Waals surface area contributed by atoms with Gasteiger partial charge in [0.15, 0.2) is 0 Å². The van der Waals surface area contributed by atoms with Crippen molar-refractivity contribution in [2.45, 2.75) is 26.3 Å². The number of nitrogens with one attached hydrogen (secondary N) is 1. The number of carbonyl (C=O) groups is 1. The lowest BCUT2D eigenvalue weighted by atomic mass is 10.3. The quantitative estimate of drug-likeness (QED) is 0.849. The Morgan fingerprint density at radius 3 is 2.91 bits per heavy atom. The fourth-order valence-corrected chi connectivity index (χ4v) is 1.94. The smallest absolute Gasteiger partial charge is 0.272 e. The summed E-state index contributed by atoms with van der Waals surface area (Å²) in [6, 6.07) is 5.48. The highest BCUT2D eigenvalue weighted by Crippen LogP contribution is 2.06. The number of amides is 1. The molecule has 1 amide bonds.